The zero-order chi connectivity index (χ0) is 19.0. The van der Waals surface area contributed by atoms with E-state index in [1.54, 1.807) is 0 Å². The molecule has 4 rings (SSSR count). The van der Waals surface area contributed by atoms with Gasteiger partial charge < -0.3 is 14.8 Å². The molecule has 0 amide bonds. The minimum Gasteiger partial charge on any atom is -0.481 e. The predicted molar refractivity (Wildman–Crippen MR) is 110 cm³/mol. The summed E-state index contributed by atoms with van der Waals surface area (Å²) in [5.74, 6) is 1.31. The van der Waals surface area contributed by atoms with Crippen LogP contribution in [-0.2, 0) is 11.2 Å². The van der Waals surface area contributed by atoms with Crippen molar-refractivity contribution in [1.82, 2.24) is 4.98 Å². The van der Waals surface area contributed by atoms with Crippen LogP contribution in [0.4, 0.5) is 0 Å². The number of aromatic nitrogens is 1. The highest BCUT2D eigenvalue weighted by Crippen LogP contribution is 2.40. The molecule has 2 aromatic carbocycles. The number of halogens is 1. The van der Waals surface area contributed by atoms with Gasteiger partial charge in [0, 0.05) is 17.1 Å². The molecule has 0 atom stereocenters. The normalized spacial score (nSPS) is 14.7. The molecule has 1 fully saturated rings. The van der Waals surface area contributed by atoms with Gasteiger partial charge in [-0.15, -0.1) is 0 Å². The van der Waals surface area contributed by atoms with Gasteiger partial charge in [0.15, 0.2) is 0 Å². The minimum absolute atomic E-state index is 0.000221. The third-order valence-corrected chi connectivity index (χ3v) is 5.93. The molecule has 1 aromatic heterocycles. The second kappa shape index (κ2) is 7.39. The number of H-pyrrole nitrogens is 1. The van der Waals surface area contributed by atoms with Crippen molar-refractivity contribution in [3.63, 3.8) is 0 Å². The minimum atomic E-state index is -0.840. The molecule has 140 valence electrons. The molecule has 27 heavy (non-hydrogen) atoms. The van der Waals surface area contributed by atoms with Crippen molar-refractivity contribution in [3.05, 3.63) is 57.7 Å². The van der Waals surface area contributed by atoms with E-state index in [0.717, 1.165) is 32.6 Å². The van der Waals surface area contributed by atoms with Gasteiger partial charge in [0.25, 0.3) is 0 Å². The highest BCUT2D eigenvalue weighted by atomic mass is 79.9. The number of aromatic amines is 1. The van der Waals surface area contributed by atoms with Crippen LogP contribution in [0.25, 0.3) is 10.9 Å². The lowest BCUT2D eigenvalue weighted by atomic mass is 9.97. The van der Waals surface area contributed by atoms with Gasteiger partial charge in [0.1, 0.15) is 11.5 Å². The number of hydrogen-bond acceptors (Lipinski definition) is 2. The van der Waals surface area contributed by atoms with Crippen LogP contribution in [0.5, 0.6) is 11.5 Å². The molecular formula is C22H22BrNO3. The first-order valence-electron chi connectivity index (χ1n) is 9.31. The lowest BCUT2D eigenvalue weighted by Gasteiger charge is -2.13. The molecule has 0 saturated heterocycles. The number of rotatable bonds is 5. The Hall–Kier alpha value is -2.27. The van der Waals surface area contributed by atoms with Crippen LogP contribution >= 0.6 is 15.9 Å². The molecule has 4 nitrogen and oxygen atoms in total. The lowest BCUT2D eigenvalue weighted by molar-refractivity contribution is -0.136. The number of ether oxygens (including phenoxy) is 1. The number of nitrogens with one attached hydrogen (secondary N) is 1. The van der Waals surface area contributed by atoms with Crippen LogP contribution < -0.4 is 4.74 Å². The summed E-state index contributed by atoms with van der Waals surface area (Å²) in [6, 6.07) is 9.82. The molecule has 1 heterocycles. The Bertz CT molecular complexity index is 979. The van der Waals surface area contributed by atoms with E-state index in [0.29, 0.717) is 5.92 Å². The van der Waals surface area contributed by atoms with Gasteiger partial charge in [-0.25, -0.2) is 0 Å². The largest absolute Gasteiger partial charge is 0.481 e. The van der Waals surface area contributed by atoms with Crippen molar-refractivity contribution in [2.24, 2.45) is 0 Å². The van der Waals surface area contributed by atoms with Crippen LogP contribution in [0.1, 0.15) is 48.3 Å². The Balaban J connectivity index is 1.65. The van der Waals surface area contributed by atoms with E-state index in [-0.39, 0.29) is 6.42 Å². The monoisotopic (exact) mass is 427 g/mol. The van der Waals surface area contributed by atoms with Crippen molar-refractivity contribution < 1.29 is 14.6 Å². The Morgan fingerprint density at radius 3 is 2.74 bits per heavy atom. The second-order valence-electron chi connectivity index (χ2n) is 7.33. The molecule has 0 radical (unpaired) electrons. The van der Waals surface area contributed by atoms with Gasteiger partial charge in [-0.2, -0.15) is 0 Å². The van der Waals surface area contributed by atoms with Crippen LogP contribution in [0, 0.1) is 6.92 Å². The van der Waals surface area contributed by atoms with Crippen LogP contribution in [0.2, 0.25) is 0 Å². The molecule has 1 aliphatic rings. The van der Waals surface area contributed by atoms with E-state index in [1.165, 1.54) is 36.6 Å². The average molecular weight is 428 g/mol. The second-order valence-corrected chi connectivity index (χ2v) is 8.18. The maximum absolute atomic E-state index is 11.0. The standard InChI is InChI=1S/C22H22BrNO3/c1-13-8-14(10-21(25)26)9-19(23)22(13)27-16-6-7-20-17(11-16)18(12-24-20)15-4-2-3-5-15/h6-9,11-12,15,24H,2-5,10H2,1H3,(H,25,26). The Kier molecular flexibility index (Phi) is 4.96. The third kappa shape index (κ3) is 3.74. The molecule has 0 aliphatic heterocycles. The predicted octanol–water partition coefficient (Wildman–Crippen LogP) is 6.32. The number of aliphatic carboxylic acids is 1. The fourth-order valence-corrected chi connectivity index (χ4v) is 4.77. The molecule has 3 aromatic rings. The zero-order valence-corrected chi connectivity index (χ0v) is 16.8. The average Bonchev–Trinajstić information content (AvgIpc) is 3.26. The molecule has 1 saturated carbocycles. The fourth-order valence-electron chi connectivity index (χ4n) is 4.09. The van der Waals surface area contributed by atoms with Crippen molar-refractivity contribution >= 4 is 32.8 Å². The fraction of sp³-hybridized carbons (Fsp3) is 0.318. The molecular weight excluding hydrogens is 406 g/mol. The molecule has 2 N–H and O–H groups in total. The smallest absolute Gasteiger partial charge is 0.307 e. The molecule has 0 bridgehead atoms. The number of carbonyl (C=O) groups is 1. The third-order valence-electron chi connectivity index (χ3n) is 5.34. The quantitative estimate of drug-likeness (QED) is 0.500. The van der Waals surface area contributed by atoms with Crippen molar-refractivity contribution in [3.8, 4) is 11.5 Å². The van der Waals surface area contributed by atoms with E-state index in [4.69, 9.17) is 9.84 Å². The molecule has 5 heteroatoms. The van der Waals surface area contributed by atoms with Gasteiger partial charge in [0.05, 0.1) is 10.9 Å². The summed E-state index contributed by atoms with van der Waals surface area (Å²) in [7, 11) is 0. The summed E-state index contributed by atoms with van der Waals surface area (Å²) in [4.78, 5) is 14.3. The number of fused-ring (bicyclic) bond motifs is 1. The maximum Gasteiger partial charge on any atom is 0.307 e. The van der Waals surface area contributed by atoms with E-state index in [9.17, 15) is 4.79 Å². The molecule has 0 unspecified atom stereocenters. The number of carboxylic acids is 1. The van der Waals surface area contributed by atoms with E-state index in [2.05, 4.69) is 39.2 Å². The van der Waals surface area contributed by atoms with Gasteiger partial charge in [-0.05, 0) is 82.6 Å². The Morgan fingerprint density at radius 1 is 1.26 bits per heavy atom. The van der Waals surface area contributed by atoms with E-state index < -0.39 is 5.97 Å². The highest BCUT2D eigenvalue weighted by Gasteiger charge is 2.20. The topological polar surface area (TPSA) is 62.3 Å². The van der Waals surface area contributed by atoms with Crippen LogP contribution in [0.15, 0.2) is 41.0 Å². The molecule has 1 aliphatic carbocycles. The van der Waals surface area contributed by atoms with Gasteiger partial charge in [0.2, 0.25) is 0 Å². The number of hydrogen-bond donors (Lipinski definition) is 2. The van der Waals surface area contributed by atoms with Crippen molar-refractivity contribution in [2.45, 2.75) is 44.9 Å². The molecule has 0 spiro atoms. The van der Waals surface area contributed by atoms with E-state index >= 15 is 0 Å². The summed E-state index contributed by atoms with van der Waals surface area (Å²) >= 11 is 3.53. The van der Waals surface area contributed by atoms with Crippen LogP contribution in [0.3, 0.4) is 0 Å². The van der Waals surface area contributed by atoms with E-state index in [1.807, 2.05) is 25.1 Å². The van der Waals surface area contributed by atoms with Gasteiger partial charge in [-0.1, -0.05) is 18.9 Å². The number of aryl methyl sites for hydroxylation is 1. The van der Waals surface area contributed by atoms with Crippen molar-refractivity contribution in [1.29, 1.82) is 0 Å². The summed E-state index contributed by atoms with van der Waals surface area (Å²) in [5.41, 5.74) is 4.19. The number of benzene rings is 2. The summed E-state index contributed by atoms with van der Waals surface area (Å²) < 4.78 is 6.95. The summed E-state index contributed by atoms with van der Waals surface area (Å²) in [6.07, 6.45) is 7.28. The highest BCUT2D eigenvalue weighted by molar-refractivity contribution is 9.10. The Labute approximate surface area is 166 Å². The number of carboxylic acid groups (broad SMARTS) is 1. The maximum atomic E-state index is 11.0. The summed E-state index contributed by atoms with van der Waals surface area (Å²) in [5, 5.41) is 10.2. The summed E-state index contributed by atoms with van der Waals surface area (Å²) in [6.45, 7) is 1.93. The lowest BCUT2D eigenvalue weighted by Crippen LogP contribution is -2.01. The van der Waals surface area contributed by atoms with Gasteiger partial charge >= 0.3 is 5.97 Å². The van der Waals surface area contributed by atoms with Crippen LogP contribution in [-0.4, -0.2) is 16.1 Å². The van der Waals surface area contributed by atoms with Gasteiger partial charge in [-0.3, -0.25) is 4.79 Å². The van der Waals surface area contributed by atoms with Crippen molar-refractivity contribution in [2.75, 3.05) is 0 Å². The first-order chi connectivity index (χ1) is 13.0. The zero-order valence-electron chi connectivity index (χ0n) is 15.2. The first-order valence-corrected chi connectivity index (χ1v) is 10.1. The SMILES string of the molecule is Cc1cc(CC(=O)O)cc(Br)c1Oc1ccc2[nH]cc(C3CCCC3)c2c1. The first kappa shape index (κ1) is 18.1. The Morgan fingerprint density at radius 2 is 2.04 bits per heavy atom.